The standard InChI is InChI=1S/C12H8F2N2O2S/c1-6-10(14)11(16-5-15-6)19-7-2-3-9(13)8(4-7)12(17)18/h2-5H,1H3,(H,17,18). The molecular formula is C12H8F2N2O2S. The third-order valence-electron chi connectivity index (χ3n) is 2.31. The van der Waals surface area contributed by atoms with Crippen molar-refractivity contribution in [3.8, 4) is 0 Å². The van der Waals surface area contributed by atoms with Crippen molar-refractivity contribution in [2.24, 2.45) is 0 Å². The molecule has 0 spiro atoms. The maximum absolute atomic E-state index is 13.7. The van der Waals surface area contributed by atoms with Crippen LogP contribution in [0, 0.1) is 18.6 Å². The number of carboxylic acids is 1. The molecule has 0 radical (unpaired) electrons. The van der Waals surface area contributed by atoms with Gasteiger partial charge < -0.3 is 5.11 Å². The lowest BCUT2D eigenvalue weighted by Crippen LogP contribution is -2.00. The van der Waals surface area contributed by atoms with E-state index in [1.165, 1.54) is 19.3 Å². The largest absolute Gasteiger partial charge is 0.478 e. The fraction of sp³-hybridized carbons (Fsp3) is 0.0833. The van der Waals surface area contributed by atoms with Crippen LogP contribution in [-0.2, 0) is 0 Å². The van der Waals surface area contributed by atoms with Crippen molar-refractivity contribution in [3.63, 3.8) is 0 Å². The van der Waals surface area contributed by atoms with Crippen LogP contribution in [0.5, 0.6) is 0 Å². The summed E-state index contributed by atoms with van der Waals surface area (Å²) in [5, 5.41) is 8.87. The minimum absolute atomic E-state index is 0.0652. The topological polar surface area (TPSA) is 63.1 Å². The molecule has 0 saturated heterocycles. The number of halogens is 2. The second-order valence-corrected chi connectivity index (χ2v) is 4.69. The smallest absolute Gasteiger partial charge is 0.338 e. The Morgan fingerprint density at radius 2 is 2.05 bits per heavy atom. The summed E-state index contributed by atoms with van der Waals surface area (Å²) in [6.45, 7) is 1.49. The van der Waals surface area contributed by atoms with E-state index in [0.717, 1.165) is 23.9 Å². The van der Waals surface area contributed by atoms with Gasteiger partial charge in [-0.15, -0.1) is 0 Å². The summed E-state index contributed by atoms with van der Waals surface area (Å²) < 4.78 is 26.9. The Labute approximate surface area is 111 Å². The molecule has 0 atom stereocenters. The monoisotopic (exact) mass is 282 g/mol. The second kappa shape index (κ2) is 5.31. The number of carboxylic acid groups (broad SMARTS) is 1. The number of rotatable bonds is 3. The van der Waals surface area contributed by atoms with Crippen LogP contribution < -0.4 is 0 Å². The van der Waals surface area contributed by atoms with Gasteiger partial charge in [0.05, 0.1) is 11.3 Å². The van der Waals surface area contributed by atoms with Crippen LogP contribution in [0.2, 0.25) is 0 Å². The fourth-order valence-corrected chi connectivity index (χ4v) is 2.22. The van der Waals surface area contributed by atoms with Crippen LogP contribution in [0.15, 0.2) is 34.4 Å². The molecule has 0 fully saturated rings. The maximum Gasteiger partial charge on any atom is 0.338 e. The molecule has 1 heterocycles. The van der Waals surface area contributed by atoms with Crippen LogP contribution in [0.4, 0.5) is 8.78 Å². The van der Waals surface area contributed by atoms with E-state index in [9.17, 15) is 13.6 Å². The Hall–Kier alpha value is -2.02. The molecule has 0 saturated carbocycles. The van der Waals surface area contributed by atoms with Gasteiger partial charge in [0.15, 0.2) is 5.82 Å². The molecular weight excluding hydrogens is 274 g/mol. The van der Waals surface area contributed by atoms with Gasteiger partial charge in [-0.3, -0.25) is 0 Å². The summed E-state index contributed by atoms with van der Waals surface area (Å²) >= 11 is 0.913. The van der Waals surface area contributed by atoms with E-state index >= 15 is 0 Å². The van der Waals surface area contributed by atoms with Gasteiger partial charge in [-0.25, -0.2) is 23.5 Å². The van der Waals surface area contributed by atoms with Crippen molar-refractivity contribution in [2.75, 3.05) is 0 Å². The highest BCUT2D eigenvalue weighted by Gasteiger charge is 2.14. The summed E-state index contributed by atoms with van der Waals surface area (Å²) in [6, 6.07) is 3.53. The number of aryl methyl sites for hydroxylation is 1. The SMILES string of the molecule is Cc1ncnc(Sc2ccc(F)c(C(=O)O)c2)c1F. The Balaban J connectivity index is 2.36. The van der Waals surface area contributed by atoms with Crippen molar-refractivity contribution < 1.29 is 18.7 Å². The highest BCUT2D eigenvalue weighted by atomic mass is 32.2. The van der Waals surface area contributed by atoms with Gasteiger partial charge >= 0.3 is 5.97 Å². The maximum atomic E-state index is 13.7. The van der Waals surface area contributed by atoms with E-state index in [-0.39, 0.29) is 10.7 Å². The number of aromatic nitrogens is 2. The zero-order valence-corrected chi connectivity index (χ0v) is 10.5. The van der Waals surface area contributed by atoms with Crippen LogP contribution in [-0.4, -0.2) is 21.0 Å². The molecule has 0 bridgehead atoms. The Morgan fingerprint density at radius 3 is 2.74 bits per heavy atom. The molecule has 0 aliphatic heterocycles. The highest BCUT2D eigenvalue weighted by Crippen LogP contribution is 2.29. The molecule has 19 heavy (non-hydrogen) atoms. The van der Waals surface area contributed by atoms with E-state index in [2.05, 4.69) is 9.97 Å². The molecule has 98 valence electrons. The first-order valence-electron chi connectivity index (χ1n) is 5.17. The number of nitrogens with zero attached hydrogens (tertiary/aromatic N) is 2. The minimum atomic E-state index is -1.38. The number of benzene rings is 1. The van der Waals surface area contributed by atoms with Crippen molar-refractivity contribution in [1.82, 2.24) is 9.97 Å². The van der Waals surface area contributed by atoms with E-state index in [0.29, 0.717) is 4.90 Å². The first-order chi connectivity index (χ1) is 8.99. The first kappa shape index (κ1) is 13.4. The summed E-state index contributed by atoms with van der Waals surface area (Å²) in [5.41, 5.74) is -0.269. The average Bonchev–Trinajstić information content (AvgIpc) is 2.37. The molecule has 0 aliphatic carbocycles. The van der Waals surface area contributed by atoms with Gasteiger partial charge in [-0.2, -0.15) is 0 Å². The van der Waals surface area contributed by atoms with Crippen LogP contribution >= 0.6 is 11.8 Å². The Morgan fingerprint density at radius 1 is 1.32 bits per heavy atom. The van der Waals surface area contributed by atoms with Crippen LogP contribution in [0.1, 0.15) is 16.1 Å². The zero-order chi connectivity index (χ0) is 14.0. The van der Waals surface area contributed by atoms with Crippen molar-refractivity contribution in [2.45, 2.75) is 16.8 Å². The van der Waals surface area contributed by atoms with Crippen LogP contribution in [0.3, 0.4) is 0 Å². The van der Waals surface area contributed by atoms with E-state index in [4.69, 9.17) is 5.11 Å². The first-order valence-corrected chi connectivity index (χ1v) is 5.98. The summed E-state index contributed by atoms with van der Waals surface area (Å²) in [6.07, 6.45) is 1.21. The molecule has 7 heteroatoms. The van der Waals surface area contributed by atoms with Gasteiger partial charge in [0, 0.05) is 4.90 Å². The zero-order valence-electron chi connectivity index (χ0n) is 9.72. The van der Waals surface area contributed by atoms with E-state index < -0.39 is 23.2 Å². The van der Waals surface area contributed by atoms with Crippen molar-refractivity contribution in [1.29, 1.82) is 0 Å². The third-order valence-corrected chi connectivity index (χ3v) is 3.28. The minimum Gasteiger partial charge on any atom is -0.478 e. The third kappa shape index (κ3) is 2.87. The van der Waals surface area contributed by atoms with Gasteiger partial charge in [0.25, 0.3) is 0 Å². The Kier molecular flexibility index (Phi) is 3.75. The fourth-order valence-electron chi connectivity index (χ4n) is 1.35. The predicted molar refractivity (Wildman–Crippen MR) is 64.2 cm³/mol. The van der Waals surface area contributed by atoms with Gasteiger partial charge in [0.2, 0.25) is 0 Å². The quantitative estimate of drug-likeness (QED) is 0.877. The summed E-state index contributed by atoms with van der Waals surface area (Å²) in [7, 11) is 0. The predicted octanol–water partition coefficient (Wildman–Crippen LogP) is 2.91. The second-order valence-electron chi connectivity index (χ2n) is 3.63. The molecule has 1 N–H and O–H groups in total. The van der Waals surface area contributed by atoms with Crippen LogP contribution in [0.25, 0.3) is 0 Å². The molecule has 1 aromatic carbocycles. The lowest BCUT2D eigenvalue weighted by molar-refractivity contribution is 0.0691. The lowest BCUT2D eigenvalue weighted by atomic mass is 10.2. The lowest BCUT2D eigenvalue weighted by Gasteiger charge is -2.05. The molecule has 1 aromatic heterocycles. The average molecular weight is 282 g/mol. The molecule has 0 aliphatic rings. The number of hydrogen-bond donors (Lipinski definition) is 1. The normalized spacial score (nSPS) is 10.5. The van der Waals surface area contributed by atoms with E-state index in [1.807, 2.05) is 0 Å². The van der Waals surface area contributed by atoms with Gasteiger partial charge in [-0.1, -0.05) is 11.8 Å². The number of hydrogen-bond acceptors (Lipinski definition) is 4. The number of carbonyl (C=O) groups is 1. The van der Waals surface area contributed by atoms with E-state index in [1.54, 1.807) is 0 Å². The summed E-state index contributed by atoms with van der Waals surface area (Å²) in [4.78, 5) is 18.6. The number of aromatic carboxylic acids is 1. The Bertz CT molecular complexity index is 650. The summed E-state index contributed by atoms with van der Waals surface area (Å²) in [5.74, 6) is -2.79. The van der Waals surface area contributed by atoms with Gasteiger partial charge in [-0.05, 0) is 25.1 Å². The molecule has 4 nitrogen and oxygen atoms in total. The van der Waals surface area contributed by atoms with Crippen molar-refractivity contribution >= 4 is 17.7 Å². The molecule has 2 rings (SSSR count). The van der Waals surface area contributed by atoms with Crippen molar-refractivity contribution in [3.05, 3.63) is 47.4 Å². The van der Waals surface area contributed by atoms with Gasteiger partial charge in [0.1, 0.15) is 17.2 Å². The molecule has 0 unspecified atom stereocenters. The highest BCUT2D eigenvalue weighted by molar-refractivity contribution is 7.99. The molecule has 0 amide bonds. The molecule has 2 aromatic rings.